The molecule has 1 aliphatic carbocycles. The van der Waals surface area contributed by atoms with E-state index in [1.807, 2.05) is 6.08 Å². The van der Waals surface area contributed by atoms with Gasteiger partial charge < -0.3 is 5.32 Å². The van der Waals surface area contributed by atoms with E-state index in [0.29, 0.717) is 5.92 Å². The third kappa shape index (κ3) is 4.69. The van der Waals surface area contributed by atoms with Crippen LogP contribution >= 0.6 is 34.8 Å². The van der Waals surface area contributed by atoms with Crippen LogP contribution in [0.25, 0.3) is 0 Å². The second-order valence-electron chi connectivity index (χ2n) is 5.54. The Labute approximate surface area is 118 Å². The molecule has 1 aliphatic rings. The highest BCUT2D eigenvalue weighted by atomic mass is 35.6. The molecule has 1 rings (SSSR count). The molecular formula is C12H18Cl3NO. The lowest BCUT2D eigenvalue weighted by Gasteiger charge is -2.35. The van der Waals surface area contributed by atoms with Crippen LogP contribution in [0.15, 0.2) is 12.2 Å². The molecule has 98 valence electrons. The van der Waals surface area contributed by atoms with Crippen molar-refractivity contribution in [2.24, 2.45) is 11.3 Å². The zero-order valence-electron chi connectivity index (χ0n) is 10.3. The highest BCUT2D eigenvalue weighted by molar-refractivity contribution is 6.76. The Balaban J connectivity index is 2.61. The molecule has 0 aromatic heterocycles. The standard InChI is InChI=1S/C12H18Cl3NO/c1-11(2,3)8-5-4-6-9(7-8)16-10(17)12(13,14)15/h4,6,8-9H,5,7H2,1-3H3,(H,16,17)/t8-,9+/m0/s1. The van der Waals surface area contributed by atoms with Crippen LogP contribution in [-0.4, -0.2) is 15.7 Å². The summed E-state index contributed by atoms with van der Waals surface area (Å²) in [4.78, 5) is 11.5. The lowest BCUT2D eigenvalue weighted by molar-refractivity contribution is -0.120. The monoisotopic (exact) mass is 297 g/mol. The van der Waals surface area contributed by atoms with E-state index in [-0.39, 0.29) is 11.5 Å². The lowest BCUT2D eigenvalue weighted by Crippen LogP contribution is -2.43. The van der Waals surface area contributed by atoms with Crippen molar-refractivity contribution in [2.45, 2.75) is 43.4 Å². The number of amides is 1. The molecule has 17 heavy (non-hydrogen) atoms. The number of hydrogen-bond acceptors (Lipinski definition) is 1. The second kappa shape index (κ2) is 5.38. The third-order valence-electron chi connectivity index (χ3n) is 3.13. The molecule has 5 heteroatoms. The predicted octanol–water partition coefficient (Wildman–Crippen LogP) is 3.85. The van der Waals surface area contributed by atoms with E-state index in [4.69, 9.17) is 34.8 Å². The van der Waals surface area contributed by atoms with Gasteiger partial charge in [0, 0.05) is 6.04 Å². The molecule has 0 aromatic carbocycles. The molecular weight excluding hydrogens is 280 g/mol. The summed E-state index contributed by atoms with van der Waals surface area (Å²) in [6.07, 6.45) is 5.97. The molecule has 2 atom stereocenters. The van der Waals surface area contributed by atoms with E-state index < -0.39 is 9.70 Å². The van der Waals surface area contributed by atoms with E-state index in [2.05, 4.69) is 32.2 Å². The van der Waals surface area contributed by atoms with Crippen LogP contribution in [0.3, 0.4) is 0 Å². The molecule has 0 aliphatic heterocycles. The van der Waals surface area contributed by atoms with Gasteiger partial charge in [0.15, 0.2) is 0 Å². The highest BCUT2D eigenvalue weighted by Gasteiger charge is 2.34. The summed E-state index contributed by atoms with van der Waals surface area (Å²) in [7, 11) is 0. The fourth-order valence-electron chi connectivity index (χ4n) is 1.95. The quantitative estimate of drug-likeness (QED) is 0.578. The summed E-state index contributed by atoms with van der Waals surface area (Å²) in [6, 6.07) is -0.0453. The summed E-state index contributed by atoms with van der Waals surface area (Å²) < 4.78 is -1.89. The SMILES string of the molecule is CC(C)(C)[C@H]1CC=C[C@@H](NC(=O)C(Cl)(Cl)Cl)C1. The van der Waals surface area contributed by atoms with Crippen molar-refractivity contribution in [3.8, 4) is 0 Å². The van der Waals surface area contributed by atoms with Crippen LogP contribution in [0, 0.1) is 11.3 Å². The number of rotatable bonds is 1. The fourth-order valence-corrected chi connectivity index (χ4v) is 2.12. The summed E-state index contributed by atoms with van der Waals surface area (Å²) in [5, 5.41) is 2.74. The van der Waals surface area contributed by atoms with Crippen molar-refractivity contribution in [1.82, 2.24) is 5.32 Å². The zero-order valence-corrected chi connectivity index (χ0v) is 12.5. The van der Waals surface area contributed by atoms with Gasteiger partial charge in [0.2, 0.25) is 0 Å². The number of alkyl halides is 3. The first-order valence-electron chi connectivity index (χ1n) is 5.65. The van der Waals surface area contributed by atoms with Gasteiger partial charge in [0.1, 0.15) is 0 Å². The van der Waals surface area contributed by atoms with Crippen molar-refractivity contribution in [3.63, 3.8) is 0 Å². The molecule has 0 fully saturated rings. The number of halogens is 3. The summed E-state index contributed by atoms with van der Waals surface area (Å²) in [5.41, 5.74) is 0.216. The van der Waals surface area contributed by atoms with Crippen LogP contribution in [0.4, 0.5) is 0 Å². The largest absolute Gasteiger partial charge is 0.346 e. The van der Waals surface area contributed by atoms with Crippen LogP contribution in [-0.2, 0) is 4.79 Å². The van der Waals surface area contributed by atoms with Gasteiger partial charge in [-0.25, -0.2) is 0 Å². The Morgan fingerprint density at radius 1 is 1.29 bits per heavy atom. The minimum atomic E-state index is -1.89. The molecule has 0 bridgehead atoms. The average Bonchev–Trinajstić information content (AvgIpc) is 2.15. The Morgan fingerprint density at radius 2 is 1.88 bits per heavy atom. The number of carbonyl (C=O) groups excluding carboxylic acids is 1. The van der Waals surface area contributed by atoms with Crippen molar-refractivity contribution < 1.29 is 4.79 Å². The van der Waals surface area contributed by atoms with Crippen LogP contribution in [0.2, 0.25) is 0 Å². The molecule has 1 N–H and O–H groups in total. The first-order valence-corrected chi connectivity index (χ1v) is 6.78. The van der Waals surface area contributed by atoms with Gasteiger partial charge in [-0.15, -0.1) is 0 Å². The number of hydrogen-bond donors (Lipinski definition) is 1. The second-order valence-corrected chi connectivity index (χ2v) is 7.82. The normalized spacial score (nSPS) is 25.8. The molecule has 0 saturated heterocycles. The maximum atomic E-state index is 11.5. The first-order chi connectivity index (χ1) is 7.60. The molecule has 1 amide bonds. The summed E-state index contributed by atoms with van der Waals surface area (Å²) in [5.74, 6) is -0.0418. The highest BCUT2D eigenvalue weighted by Crippen LogP contribution is 2.35. The fraction of sp³-hybridized carbons (Fsp3) is 0.750. The number of allylic oxidation sites excluding steroid dienone is 1. The molecule has 2 nitrogen and oxygen atoms in total. The van der Waals surface area contributed by atoms with Crippen LogP contribution < -0.4 is 5.32 Å². The Kier molecular flexibility index (Phi) is 4.79. The van der Waals surface area contributed by atoms with E-state index in [0.717, 1.165) is 12.8 Å². The number of nitrogens with one attached hydrogen (secondary N) is 1. The minimum Gasteiger partial charge on any atom is -0.346 e. The maximum Gasteiger partial charge on any atom is 0.272 e. The van der Waals surface area contributed by atoms with Gasteiger partial charge in [-0.2, -0.15) is 0 Å². The Morgan fingerprint density at radius 3 is 2.35 bits per heavy atom. The van der Waals surface area contributed by atoms with Gasteiger partial charge in [-0.05, 0) is 24.2 Å². The van der Waals surface area contributed by atoms with E-state index >= 15 is 0 Å². The lowest BCUT2D eigenvalue weighted by atomic mass is 9.73. The van der Waals surface area contributed by atoms with Gasteiger partial charge in [0.05, 0.1) is 0 Å². The van der Waals surface area contributed by atoms with Gasteiger partial charge in [-0.1, -0.05) is 67.7 Å². The third-order valence-corrected chi connectivity index (χ3v) is 3.64. The van der Waals surface area contributed by atoms with E-state index in [1.54, 1.807) is 0 Å². The smallest absolute Gasteiger partial charge is 0.272 e. The van der Waals surface area contributed by atoms with Gasteiger partial charge >= 0.3 is 0 Å². The number of carbonyl (C=O) groups is 1. The molecule has 0 radical (unpaired) electrons. The van der Waals surface area contributed by atoms with Crippen LogP contribution in [0.1, 0.15) is 33.6 Å². The summed E-state index contributed by atoms with van der Waals surface area (Å²) >= 11 is 16.6. The Bertz CT molecular complexity index is 315. The Hall–Kier alpha value is 0.0800. The van der Waals surface area contributed by atoms with Crippen molar-refractivity contribution in [1.29, 1.82) is 0 Å². The van der Waals surface area contributed by atoms with Crippen molar-refractivity contribution >= 4 is 40.7 Å². The van der Waals surface area contributed by atoms with E-state index in [1.165, 1.54) is 0 Å². The van der Waals surface area contributed by atoms with Gasteiger partial charge in [-0.3, -0.25) is 4.79 Å². The van der Waals surface area contributed by atoms with E-state index in [9.17, 15) is 4.79 Å². The molecule has 0 heterocycles. The molecule has 0 spiro atoms. The molecule has 0 unspecified atom stereocenters. The average molecular weight is 299 g/mol. The zero-order chi connectivity index (χ0) is 13.3. The minimum absolute atomic E-state index is 0.0453. The maximum absolute atomic E-state index is 11.5. The van der Waals surface area contributed by atoms with Crippen molar-refractivity contribution in [2.75, 3.05) is 0 Å². The first kappa shape index (κ1) is 15.1. The molecule has 0 aromatic rings. The molecule has 0 saturated carbocycles. The van der Waals surface area contributed by atoms with Crippen LogP contribution in [0.5, 0.6) is 0 Å². The topological polar surface area (TPSA) is 29.1 Å². The van der Waals surface area contributed by atoms with Crippen molar-refractivity contribution in [3.05, 3.63) is 12.2 Å². The van der Waals surface area contributed by atoms with Gasteiger partial charge in [0.25, 0.3) is 9.70 Å². The predicted molar refractivity (Wildman–Crippen MR) is 73.5 cm³/mol. The summed E-state index contributed by atoms with van der Waals surface area (Å²) in [6.45, 7) is 6.60.